The Morgan fingerprint density at radius 2 is 1.79 bits per heavy atom. The number of rotatable bonds is 7. The van der Waals surface area contributed by atoms with Gasteiger partial charge in [-0.1, -0.05) is 12.1 Å². The van der Waals surface area contributed by atoms with Gasteiger partial charge in [0.15, 0.2) is 11.5 Å². The number of fused-ring (bicyclic) bond motifs is 2. The van der Waals surface area contributed by atoms with Crippen LogP contribution in [-0.2, 0) is 0 Å². The van der Waals surface area contributed by atoms with Gasteiger partial charge < -0.3 is 30.1 Å². The molecule has 2 aliphatic heterocycles. The minimum absolute atomic E-state index is 0.362. The Labute approximate surface area is 231 Å². The number of amides is 2. The fourth-order valence-corrected chi connectivity index (χ4v) is 6.20. The lowest BCUT2D eigenvalue weighted by Crippen LogP contribution is -2.48. The first kappa shape index (κ1) is 25.6. The zero-order valence-corrected chi connectivity index (χ0v) is 22.7. The second-order valence-electron chi connectivity index (χ2n) is 10.1. The highest BCUT2D eigenvalue weighted by atomic mass is 32.1. The average Bonchev–Trinajstić information content (AvgIpc) is 3.62. The molecule has 0 radical (unpaired) electrons. The molecule has 39 heavy (non-hydrogen) atoms. The van der Waals surface area contributed by atoms with Crippen molar-refractivity contribution >= 4 is 33.3 Å². The Bertz CT molecular complexity index is 1470. The van der Waals surface area contributed by atoms with E-state index in [0.717, 1.165) is 46.7 Å². The first-order chi connectivity index (χ1) is 19.0. The van der Waals surface area contributed by atoms with E-state index in [1.165, 1.54) is 5.56 Å². The van der Waals surface area contributed by atoms with Crippen molar-refractivity contribution in [3.05, 3.63) is 71.8 Å². The molecule has 0 spiro atoms. The van der Waals surface area contributed by atoms with Gasteiger partial charge in [-0.25, -0.2) is 9.78 Å². The number of benzene rings is 3. The van der Waals surface area contributed by atoms with Crippen LogP contribution in [0.5, 0.6) is 11.5 Å². The van der Waals surface area contributed by atoms with Gasteiger partial charge in [-0.3, -0.25) is 0 Å². The SMILES string of the molecule is Cc1ccc2nc(-c3ccc(NC(=O)NC(CN4CCCC4)C(O)c4ccc5c(c4)OCCO5)cc3)sc2c1. The first-order valence-corrected chi connectivity index (χ1v) is 14.2. The molecule has 3 aromatic carbocycles. The number of aryl methyl sites for hydroxylation is 1. The molecule has 2 amide bonds. The Morgan fingerprint density at radius 1 is 1.03 bits per heavy atom. The first-order valence-electron chi connectivity index (χ1n) is 13.4. The number of carbonyl (C=O) groups excluding carboxylic acids is 1. The van der Waals surface area contributed by atoms with Crippen LogP contribution < -0.4 is 20.1 Å². The Morgan fingerprint density at radius 3 is 2.59 bits per heavy atom. The number of hydrogen-bond acceptors (Lipinski definition) is 7. The standard InChI is InChI=1S/C30H32N4O4S/c1-19-4-10-23-27(16-19)39-29(32-23)20-5-8-22(9-6-20)31-30(36)33-24(18-34-12-2-3-13-34)28(35)21-7-11-25-26(17-21)38-15-14-37-25/h4-11,16-17,24,28,35H,2-3,12-15,18H2,1H3,(H2,31,33,36). The van der Waals surface area contributed by atoms with Gasteiger partial charge in [0.05, 0.1) is 16.3 Å². The molecule has 4 aromatic rings. The number of carbonyl (C=O) groups is 1. The normalized spacial score (nSPS) is 16.7. The summed E-state index contributed by atoms with van der Waals surface area (Å²) in [4.78, 5) is 20.1. The molecule has 3 N–H and O–H groups in total. The molecule has 2 aliphatic rings. The fraction of sp³-hybridized carbons (Fsp3) is 0.333. The van der Waals surface area contributed by atoms with Gasteiger partial charge in [0.25, 0.3) is 0 Å². The monoisotopic (exact) mass is 544 g/mol. The Kier molecular flexibility index (Phi) is 7.36. The average molecular weight is 545 g/mol. The number of nitrogens with zero attached hydrogens (tertiary/aromatic N) is 2. The van der Waals surface area contributed by atoms with Crippen molar-refractivity contribution in [2.45, 2.75) is 31.9 Å². The molecule has 0 aliphatic carbocycles. The molecule has 9 heteroatoms. The summed E-state index contributed by atoms with van der Waals surface area (Å²) in [7, 11) is 0. The van der Waals surface area contributed by atoms with Crippen LogP contribution in [-0.4, -0.2) is 59.9 Å². The summed E-state index contributed by atoms with van der Waals surface area (Å²) >= 11 is 1.66. The number of nitrogens with one attached hydrogen (secondary N) is 2. The molecule has 1 aromatic heterocycles. The zero-order valence-electron chi connectivity index (χ0n) is 21.9. The largest absolute Gasteiger partial charge is 0.486 e. The van der Waals surface area contributed by atoms with Crippen molar-refractivity contribution in [1.29, 1.82) is 0 Å². The highest BCUT2D eigenvalue weighted by molar-refractivity contribution is 7.21. The molecule has 2 atom stereocenters. The maximum atomic E-state index is 13.1. The number of aliphatic hydroxyl groups is 1. The Balaban J connectivity index is 1.14. The van der Waals surface area contributed by atoms with E-state index in [-0.39, 0.29) is 6.03 Å². The molecule has 8 nitrogen and oxygen atoms in total. The molecule has 0 saturated carbocycles. The third kappa shape index (κ3) is 5.85. The number of hydrogen-bond donors (Lipinski definition) is 3. The van der Waals surface area contributed by atoms with E-state index in [1.807, 2.05) is 42.5 Å². The van der Waals surface area contributed by atoms with Gasteiger partial charge in [0.2, 0.25) is 0 Å². The second-order valence-corrected chi connectivity index (χ2v) is 11.2. The summed E-state index contributed by atoms with van der Waals surface area (Å²) < 4.78 is 12.5. The second kappa shape index (κ2) is 11.2. The van der Waals surface area contributed by atoms with Crippen LogP contribution in [0, 0.1) is 6.92 Å². The molecule has 202 valence electrons. The number of aliphatic hydroxyl groups excluding tert-OH is 1. The van der Waals surface area contributed by atoms with Crippen LogP contribution in [0.15, 0.2) is 60.7 Å². The molecule has 0 bridgehead atoms. The van der Waals surface area contributed by atoms with Gasteiger partial charge in [-0.05, 0) is 92.5 Å². The summed E-state index contributed by atoms with van der Waals surface area (Å²) in [5, 5.41) is 18.2. The van der Waals surface area contributed by atoms with Crippen molar-refractivity contribution in [2.75, 3.05) is 38.2 Å². The smallest absolute Gasteiger partial charge is 0.319 e. The number of urea groups is 1. The highest BCUT2D eigenvalue weighted by Gasteiger charge is 2.28. The highest BCUT2D eigenvalue weighted by Crippen LogP contribution is 2.34. The minimum atomic E-state index is -0.905. The summed E-state index contributed by atoms with van der Waals surface area (Å²) in [6.45, 7) is 5.53. The van der Waals surface area contributed by atoms with Gasteiger partial charge in [0.1, 0.15) is 24.3 Å². The number of anilines is 1. The summed E-state index contributed by atoms with van der Waals surface area (Å²) in [6, 6.07) is 18.5. The van der Waals surface area contributed by atoms with Crippen LogP contribution >= 0.6 is 11.3 Å². The van der Waals surface area contributed by atoms with Crippen molar-refractivity contribution < 1.29 is 19.4 Å². The lowest BCUT2D eigenvalue weighted by Gasteiger charge is -2.29. The van der Waals surface area contributed by atoms with Gasteiger partial charge in [-0.15, -0.1) is 11.3 Å². The molecule has 1 fully saturated rings. The molecular weight excluding hydrogens is 512 g/mol. The van der Waals surface area contributed by atoms with Crippen LogP contribution in [0.4, 0.5) is 10.5 Å². The lowest BCUT2D eigenvalue weighted by molar-refractivity contribution is 0.110. The molecule has 2 unspecified atom stereocenters. The van der Waals surface area contributed by atoms with E-state index < -0.39 is 12.1 Å². The Hall–Kier alpha value is -3.66. The number of thiazole rings is 1. The molecule has 1 saturated heterocycles. The third-order valence-electron chi connectivity index (χ3n) is 7.19. The van der Waals surface area contributed by atoms with E-state index in [9.17, 15) is 9.90 Å². The van der Waals surface area contributed by atoms with E-state index in [4.69, 9.17) is 14.5 Å². The van der Waals surface area contributed by atoms with Crippen molar-refractivity contribution in [1.82, 2.24) is 15.2 Å². The zero-order chi connectivity index (χ0) is 26.8. The predicted octanol–water partition coefficient (Wildman–Crippen LogP) is 5.36. The fourth-order valence-electron chi connectivity index (χ4n) is 5.13. The van der Waals surface area contributed by atoms with Crippen LogP contribution in [0.25, 0.3) is 20.8 Å². The molecular formula is C30H32N4O4S. The quantitative estimate of drug-likeness (QED) is 0.290. The molecule has 6 rings (SSSR count). The number of aromatic nitrogens is 1. The van der Waals surface area contributed by atoms with Crippen LogP contribution in [0.2, 0.25) is 0 Å². The molecule has 3 heterocycles. The summed E-state index contributed by atoms with van der Waals surface area (Å²) in [5.74, 6) is 1.29. The van der Waals surface area contributed by atoms with Gasteiger partial charge in [0, 0.05) is 17.8 Å². The minimum Gasteiger partial charge on any atom is -0.486 e. The summed E-state index contributed by atoms with van der Waals surface area (Å²) in [5.41, 5.74) is 4.55. The van der Waals surface area contributed by atoms with E-state index >= 15 is 0 Å². The van der Waals surface area contributed by atoms with Crippen molar-refractivity contribution in [2.24, 2.45) is 0 Å². The van der Waals surface area contributed by atoms with Crippen molar-refractivity contribution in [3.8, 4) is 22.1 Å². The summed E-state index contributed by atoms with van der Waals surface area (Å²) in [6.07, 6.45) is 1.34. The third-order valence-corrected chi connectivity index (χ3v) is 8.26. The topological polar surface area (TPSA) is 96.0 Å². The number of likely N-dealkylation sites (tertiary alicyclic amines) is 1. The van der Waals surface area contributed by atoms with Crippen molar-refractivity contribution in [3.63, 3.8) is 0 Å². The number of ether oxygens (including phenoxy) is 2. The van der Waals surface area contributed by atoms with E-state index in [0.29, 0.717) is 42.5 Å². The lowest BCUT2D eigenvalue weighted by atomic mass is 10.0. The van der Waals surface area contributed by atoms with E-state index in [2.05, 4.69) is 34.6 Å². The maximum absolute atomic E-state index is 13.1. The van der Waals surface area contributed by atoms with E-state index in [1.54, 1.807) is 17.4 Å². The van der Waals surface area contributed by atoms with Gasteiger partial charge in [-0.2, -0.15) is 0 Å². The van der Waals surface area contributed by atoms with Crippen LogP contribution in [0.3, 0.4) is 0 Å². The predicted molar refractivity (Wildman–Crippen MR) is 154 cm³/mol. The van der Waals surface area contributed by atoms with Gasteiger partial charge >= 0.3 is 6.03 Å². The van der Waals surface area contributed by atoms with Crippen LogP contribution in [0.1, 0.15) is 30.1 Å². The maximum Gasteiger partial charge on any atom is 0.319 e.